The highest BCUT2D eigenvalue weighted by atomic mass is 35.5. The number of nitrogen functional groups attached to an aromatic ring is 1. The zero-order valence-corrected chi connectivity index (χ0v) is 25.8. The summed E-state index contributed by atoms with van der Waals surface area (Å²) in [6, 6.07) is 10.3. The Bertz CT molecular complexity index is 1750. The Morgan fingerprint density at radius 2 is 1.26 bits per heavy atom. The molecule has 0 saturated heterocycles. The molecule has 4 aromatic rings. The first-order chi connectivity index (χ1) is 19.5. The molecule has 4 rings (SSSR count). The van der Waals surface area contributed by atoms with E-state index in [1.54, 1.807) is 12.1 Å². The van der Waals surface area contributed by atoms with Gasteiger partial charge >= 0.3 is 0 Å². The number of nitrogens with zero attached hydrogens (tertiary/aromatic N) is 5. The number of fused-ring (bicyclic) bond motifs is 2. The van der Waals surface area contributed by atoms with Crippen LogP contribution in [0.25, 0.3) is 21.8 Å². The predicted octanol–water partition coefficient (Wildman–Crippen LogP) is 7.93. The molecule has 12 heteroatoms. The SMILES string of the molecule is CC(C)(C)CNc1c(C#N)cnc2c(Cl)cc(N)cc12.CC(C)(C)CNc1c(C#N)cnc2c(Cl)cc([N+](=O)[O-])cc12. The average molecular weight is 608 g/mol. The highest BCUT2D eigenvalue weighted by Crippen LogP contribution is 2.35. The minimum Gasteiger partial charge on any atom is -0.399 e. The number of pyridine rings is 2. The Labute approximate surface area is 254 Å². The smallest absolute Gasteiger partial charge is 0.271 e. The van der Waals surface area contributed by atoms with Gasteiger partial charge in [-0.1, -0.05) is 64.7 Å². The number of nitro groups is 1. The molecule has 42 heavy (non-hydrogen) atoms. The molecule has 0 bridgehead atoms. The molecule has 0 saturated carbocycles. The number of anilines is 3. The third kappa shape index (κ3) is 7.88. The zero-order valence-electron chi connectivity index (χ0n) is 24.3. The molecule has 0 radical (unpaired) electrons. The van der Waals surface area contributed by atoms with E-state index < -0.39 is 4.92 Å². The summed E-state index contributed by atoms with van der Waals surface area (Å²) in [6.07, 6.45) is 2.96. The minimum absolute atomic E-state index is 0.0210. The second-order valence-corrected chi connectivity index (χ2v) is 12.9. The van der Waals surface area contributed by atoms with E-state index in [-0.39, 0.29) is 21.5 Å². The predicted molar refractivity (Wildman–Crippen MR) is 170 cm³/mol. The normalized spacial score (nSPS) is 11.3. The summed E-state index contributed by atoms with van der Waals surface area (Å²) in [6.45, 7) is 13.8. The number of halogens is 2. The van der Waals surface area contributed by atoms with Gasteiger partial charge in [0.15, 0.2) is 0 Å². The summed E-state index contributed by atoms with van der Waals surface area (Å²) in [5, 5.41) is 38.0. The maximum absolute atomic E-state index is 11.0. The number of hydrogen-bond acceptors (Lipinski definition) is 9. The van der Waals surface area contributed by atoms with Crippen LogP contribution in [0.15, 0.2) is 36.7 Å². The first kappa shape index (κ1) is 32.1. The lowest BCUT2D eigenvalue weighted by Gasteiger charge is -2.21. The number of rotatable bonds is 5. The fourth-order valence-electron chi connectivity index (χ4n) is 3.89. The number of benzene rings is 2. The van der Waals surface area contributed by atoms with E-state index >= 15 is 0 Å². The van der Waals surface area contributed by atoms with Crippen LogP contribution < -0.4 is 16.4 Å². The number of nitrogens with two attached hydrogens (primary N) is 1. The van der Waals surface area contributed by atoms with Gasteiger partial charge in [-0.15, -0.1) is 0 Å². The van der Waals surface area contributed by atoms with Crippen LogP contribution in [-0.2, 0) is 0 Å². The third-order valence-corrected chi connectivity index (χ3v) is 6.48. The second kappa shape index (κ2) is 12.6. The zero-order chi connectivity index (χ0) is 31.4. The van der Waals surface area contributed by atoms with E-state index in [4.69, 9.17) is 28.9 Å². The van der Waals surface area contributed by atoms with Crippen LogP contribution in [0.1, 0.15) is 52.7 Å². The van der Waals surface area contributed by atoms with Crippen LogP contribution in [-0.4, -0.2) is 28.0 Å². The van der Waals surface area contributed by atoms with Gasteiger partial charge in [-0.25, -0.2) is 0 Å². The number of aromatic nitrogens is 2. The van der Waals surface area contributed by atoms with Gasteiger partial charge in [0, 0.05) is 54.1 Å². The molecule has 0 amide bonds. The fraction of sp³-hybridized carbons (Fsp3) is 0.333. The molecular weight excluding hydrogens is 575 g/mol. The molecule has 0 unspecified atom stereocenters. The first-order valence-corrected chi connectivity index (χ1v) is 13.7. The van der Waals surface area contributed by atoms with Crippen LogP contribution in [0, 0.1) is 43.6 Å². The second-order valence-electron chi connectivity index (χ2n) is 12.1. The van der Waals surface area contributed by atoms with Crippen molar-refractivity contribution in [3.8, 4) is 12.1 Å². The van der Waals surface area contributed by atoms with Gasteiger partial charge in [0.1, 0.15) is 12.1 Å². The summed E-state index contributed by atoms with van der Waals surface area (Å²) in [7, 11) is 0. The molecule has 0 aliphatic carbocycles. The lowest BCUT2D eigenvalue weighted by Crippen LogP contribution is -2.19. The number of nitriles is 2. The average Bonchev–Trinajstić information content (AvgIpc) is 2.89. The summed E-state index contributed by atoms with van der Waals surface area (Å²) >= 11 is 12.3. The summed E-state index contributed by atoms with van der Waals surface area (Å²) < 4.78 is 0. The highest BCUT2D eigenvalue weighted by Gasteiger charge is 2.19. The maximum atomic E-state index is 11.0. The highest BCUT2D eigenvalue weighted by molar-refractivity contribution is 6.36. The third-order valence-electron chi connectivity index (χ3n) is 5.90. The van der Waals surface area contributed by atoms with Crippen LogP contribution in [0.2, 0.25) is 10.0 Å². The molecule has 218 valence electrons. The van der Waals surface area contributed by atoms with Crippen molar-refractivity contribution in [3.63, 3.8) is 0 Å². The number of hydrogen-bond donors (Lipinski definition) is 3. The van der Waals surface area contributed by atoms with Gasteiger partial charge in [-0.05, 0) is 23.0 Å². The van der Waals surface area contributed by atoms with E-state index in [0.29, 0.717) is 50.5 Å². The van der Waals surface area contributed by atoms with E-state index in [9.17, 15) is 20.6 Å². The van der Waals surface area contributed by atoms with Crippen molar-refractivity contribution in [2.24, 2.45) is 10.8 Å². The first-order valence-electron chi connectivity index (χ1n) is 13.0. The molecule has 0 atom stereocenters. The largest absolute Gasteiger partial charge is 0.399 e. The lowest BCUT2D eigenvalue weighted by atomic mass is 9.96. The van der Waals surface area contributed by atoms with Gasteiger partial charge in [-0.2, -0.15) is 10.5 Å². The number of non-ortho nitro benzene ring substituents is 1. The van der Waals surface area contributed by atoms with E-state index in [1.807, 2.05) is 20.8 Å². The molecule has 0 fully saturated rings. The van der Waals surface area contributed by atoms with E-state index in [1.165, 1.54) is 24.5 Å². The summed E-state index contributed by atoms with van der Waals surface area (Å²) in [5.41, 5.74) is 9.49. The maximum Gasteiger partial charge on any atom is 0.271 e. The fourth-order valence-corrected chi connectivity index (χ4v) is 4.43. The van der Waals surface area contributed by atoms with Gasteiger partial charge in [0.05, 0.1) is 48.5 Å². The van der Waals surface area contributed by atoms with Crippen molar-refractivity contribution in [3.05, 3.63) is 67.9 Å². The monoisotopic (exact) mass is 606 g/mol. The number of nitro benzene ring substituents is 1. The van der Waals surface area contributed by atoms with Gasteiger partial charge in [0.2, 0.25) is 0 Å². The molecule has 2 heterocycles. The molecule has 2 aromatic heterocycles. The summed E-state index contributed by atoms with van der Waals surface area (Å²) in [5.74, 6) is 0. The Morgan fingerprint density at radius 1 is 0.833 bits per heavy atom. The minimum atomic E-state index is -0.516. The van der Waals surface area contributed by atoms with Crippen LogP contribution in [0.5, 0.6) is 0 Å². The lowest BCUT2D eigenvalue weighted by molar-refractivity contribution is -0.384. The van der Waals surface area contributed by atoms with Gasteiger partial charge < -0.3 is 16.4 Å². The quantitative estimate of drug-likeness (QED) is 0.116. The Hall–Kier alpha value is -4.38. The molecular formula is C30H32Cl2N8O2. The van der Waals surface area contributed by atoms with E-state index in [2.05, 4.69) is 53.5 Å². The molecule has 0 aliphatic rings. The van der Waals surface area contributed by atoms with Crippen LogP contribution in [0.4, 0.5) is 22.7 Å². The Kier molecular flexibility index (Phi) is 9.68. The van der Waals surface area contributed by atoms with Crippen molar-refractivity contribution in [2.75, 3.05) is 29.5 Å². The van der Waals surface area contributed by atoms with E-state index in [0.717, 1.165) is 17.6 Å². The standard InChI is InChI=1S/C15H15ClN4O2.C15H17ClN4/c1-15(2,3)8-19-13-9(6-17)7-18-14-11(13)4-10(20(21)22)5-12(14)16;1-15(2,3)8-20-13-9(6-17)7-19-14-11(13)4-10(18)5-12(14)16/h4-5,7H,8H2,1-3H3,(H,18,19);4-5,7H,8,18H2,1-3H3,(H,19,20). The molecule has 0 aliphatic heterocycles. The Morgan fingerprint density at radius 3 is 1.67 bits per heavy atom. The summed E-state index contributed by atoms with van der Waals surface area (Å²) in [4.78, 5) is 18.9. The topological polar surface area (TPSA) is 167 Å². The van der Waals surface area contributed by atoms with Crippen molar-refractivity contribution in [2.45, 2.75) is 41.5 Å². The molecule has 0 spiro atoms. The van der Waals surface area contributed by atoms with Gasteiger partial charge in [0.25, 0.3) is 5.69 Å². The van der Waals surface area contributed by atoms with Crippen molar-refractivity contribution in [1.82, 2.24) is 9.97 Å². The molecule has 4 N–H and O–H groups in total. The number of nitrogens with one attached hydrogen (secondary N) is 2. The van der Waals surface area contributed by atoms with Crippen LogP contribution in [0.3, 0.4) is 0 Å². The Balaban J connectivity index is 0.000000231. The van der Waals surface area contributed by atoms with Crippen molar-refractivity contribution >= 4 is 67.8 Å². The van der Waals surface area contributed by atoms with Crippen molar-refractivity contribution < 1.29 is 4.92 Å². The van der Waals surface area contributed by atoms with Crippen LogP contribution >= 0.6 is 23.2 Å². The molecule has 10 nitrogen and oxygen atoms in total. The van der Waals surface area contributed by atoms with Gasteiger partial charge in [-0.3, -0.25) is 20.1 Å². The molecule has 2 aromatic carbocycles. The van der Waals surface area contributed by atoms with Crippen molar-refractivity contribution in [1.29, 1.82) is 10.5 Å².